The van der Waals surface area contributed by atoms with Crippen LogP contribution < -0.4 is 41.2 Å². The molecule has 5 aromatic carbocycles. The van der Waals surface area contributed by atoms with E-state index in [1.165, 1.54) is 65.5 Å². The van der Waals surface area contributed by atoms with Crippen LogP contribution in [0.3, 0.4) is 0 Å². The second kappa shape index (κ2) is 10.4. The SMILES string of the molecule is c1ccc(N2c3ccccc3B(c3cccs3)c3cc4c(cc32)B(c2cccs2)c2ccccc2N4c2ccccc2)cc1. The van der Waals surface area contributed by atoms with E-state index in [4.69, 9.17) is 0 Å². The van der Waals surface area contributed by atoms with Crippen LogP contribution in [0.5, 0.6) is 0 Å². The van der Waals surface area contributed by atoms with Crippen LogP contribution in [0.4, 0.5) is 34.1 Å². The van der Waals surface area contributed by atoms with E-state index in [2.05, 4.69) is 166 Å². The highest BCUT2D eigenvalue weighted by molar-refractivity contribution is 7.27. The van der Waals surface area contributed by atoms with Gasteiger partial charge >= 0.3 is 0 Å². The third-order valence-corrected chi connectivity index (χ3v) is 10.8. The molecule has 2 nitrogen and oxygen atoms in total. The molecule has 0 saturated heterocycles. The number of para-hydroxylation sites is 4. The predicted molar refractivity (Wildman–Crippen MR) is 194 cm³/mol. The maximum Gasteiger partial charge on any atom is 0.259 e. The third kappa shape index (κ3) is 3.95. The average Bonchev–Trinajstić information content (AvgIpc) is 3.82. The molecular weight excluding hydrogens is 570 g/mol. The van der Waals surface area contributed by atoms with Gasteiger partial charge in [-0.05, 0) is 90.7 Å². The minimum absolute atomic E-state index is 0.140. The van der Waals surface area contributed by atoms with Crippen molar-refractivity contribution in [2.24, 2.45) is 0 Å². The van der Waals surface area contributed by atoms with Gasteiger partial charge in [0.05, 0.1) is 0 Å². The Morgan fingerprint density at radius 1 is 0.364 bits per heavy atom. The number of thiophene rings is 2. The van der Waals surface area contributed by atoms with Gasteiger partial charge in [0.2, 0.25) is 0 Å². The molecule has 0 fully saturated rings. The van der Waals surface area contributed by atoms with E-state index in [1.807, 2.05) is 22.7 Å². The van der Waals surface area contributed by atoms with Gasteiger partial charge in [-0.15, -0.1) is 0 Å². The maximum atomic E-state index is 2.50. The summed E-state index contributed by atoms with van der Waals surface area (Å²) in [4.78, 5) is 4.96. The molecule has 0 atom stereocenters. The lowest BCUT2D eigenvalue weighted by Crippen LogP contribution is -2.60. The number of nitrogens with zero attached hydrogens (tertiary/aromatic N) is 2. The minimum atomic E-state index is 0.140. The van der Waals surface area contributed by atoms with Gasteiger partial charge in [-0.25, -0.2) is 0 Å². The first-order valence-corrected chi connectivity index (χ1v) is 16.8. The van der Waals surface area contributed by atoms with E-state index in [9.17, 15) is 0 Å². The van der Waals surface area contributed by atoms with Crippen LogP contribution in [-0.2, 0) is 0 Å². The highest BCUT2D eigenvalue weighted by Crippen LogP contribution is 2.40. The molecule has 2 aromatic heterocycles. The fraction of sp³-hybridized carbons (Fsp3) is 0. The Balaban J connectivity index is 1.39. The van der Waals surface area contributed by atoms with Crippen LogP contribution in [0, 0.1) is 0 Å². The van der Waals surface area contributed by atoms with Crippen LogP contribution >= 0.6 is 22.7 Å². The number of benzene rings is 5. The summed E-state index contributed by atoms with van der Waals surface area (Å²) in [6, 6.07) is 53.6. The monoisotopic (exact) mass is 596 g/mol. The first-order valence-electron chi connectivity index (χ1n) is 15.0. The molecule has 6 heteroatoms. The smallest absolute Gasteiger partial charge is 0.259 e. The van der Waals surface area contributed by atoms with E-state index < -0.39 is 0 Å². The lowest BCUT2D eigenvalue weighted by Gasteiger charge is -2.41. The molecule has 2 aliphatic heterocycles. The number of anilines is 6. The molecule has 0 unspecified atom stereocenters. The van der Waals surface area contributed by atoms with Gasteiger partial charge in [-0.3, -0.25) is 0 Å². The van der Waals surface area contributed by atoms with Gasteiger partial charge in [-0.1, -0.05) is 97.1 Å². The minimum Gasteiger partial charge on any atom is -0.312 e. The molecule has 0 aliphatic carbocycles. The Hall–Kier alpha value is -4.77. The molecule has 0 radical (unpaired) electrons. The van der Waals surface area contributed by atoms with Crippen molar-refractivity contribution in [2.75, 3.05) is 9.80 Å². The van der Waals surface area contributed by atoms with Gasteiger partial charge in [0.15, 0.2) is 0 Å². The van der Waals surface area contributed by atoms with E-state index in [1.54, 1.807) is 0 Å². The average molecular weight is 596 g/mol. The van der Waals surface area contributed by atoms with Crippen molar-refractivity contribution in [2.45, 2.75) is 0 Å². The van der Waals surface area contributed by atoms with Crippen molar-refractivity contribution >= 4 is 102 Å². The van der Waals surface area contributed by atoms with Crippen molar-refractivity contribution in [3.8, 4) is 0 Å². The molecule has 2 aliphatic rings. The summed E-state index contributed by atoms with van der Waals surface area (Å²) >= 11 is 3.69. The second-order valence-corrected chi connectivity index (χ2v) is 13.3. The topological polar surface area (TPSA) is 6.48 Å². The van der Waals surface area contributed by atoms with Gasteiger partial charge in [0.1, 0.15) is 0 Å². The van der Waals surface area contributed by atoms with Crippen LogP contribution in [0.2, 0.25) is 0 Å². The Morgan fingerprint density at radius 3 is 1.18 bits per heavy atom. The first kappa shape index (κ1) is 25.7. The normalized spacial score (nSPS) is 13.3. The largest absolute Gasteiger partial charge is 0.312 e. The zero-order chi connectivity index (χ0) is 29.0. The molecule has 0 spiro atoms. The van der Waals surface area contributed by atoms with Crippen LogP contribution in [0.25, 0.3) is 0 Å². The van der Waals surface area contributed by atoms with Gasteiger partial charge < -0.3 is 9.80 Å². The van der Waals surface area contributed by atoms with Crippen molar-refractivity contribution in [1.29, 1.82) is 0 Å². The zero-order valence-electron chi connectivity index (χ0n) is 23.9. The van der Waals surface area contributed by atoms with Gasteiger partial charge in [0, 0.05) is 34.1 Å². The number of rotatable bonds is 4. The molecule has 206 valence electrons. The Bertz CT molecular complexity index is 1940. The van der Waals surface area contributed by atoms with E-state index in [0.717, 1.165) is 0 Å². The van der Waals surface area contributed by atoms with E-state index in [0.29, 0.717) is 0 Å². The van der Waals surface area contributed by atoms with Crippen LogP contribution in [-0.4, -0.2) is 13.4 Å². The lowest BCUT2D eigenvalue weighted by atomic mass is 9.35. The number of fused-ring (bicyclic) bond motifs is 4. The quantitative estimate of drug-likeness (QED) is 0.217. The fourth-order valence-electron chi connectivity index (χ4n) is 7.16. The highest BCUT2D eigenvalue weighted by Gasteiger charge is 2.41. The Labute approximate surface area is 266 Å². The Kier molecular flexibility index (Phi) is 6.10. The molecule has 44 heavy (non-hydrogen) atoms. The molecular formula is C38H26B2N2S2. The number of hydrogen-bond acceptors (Lipinski definition) is 4. The lowest BCUT2D eigenvalue weighted by molar-refractivity contribution is 1.27. The standard InChI is InChI=1S/C38H26B2N2S2/c1-3-13-27(14-4-1)41-33-19-9-7-17-29(33)39(37-21-11-23-43-37)31-26-36-32(25-35(31)41)40(38-22-12-24-44-38)30-18-8-10-20-34(30)42(36)28-15-5-2-6-16-28/h1-26H. The summed E-state index contributed by atoms with van der Waals surface area (Å²) < 4.78 is 2.73. The molecule has 0 amide bonds. The Morgan fingerprint density at radius 2 is 0.773 bits per heavy atom. The van der Waals surface area contributed by atoms with Crippen molar-refractivity contribution in [3.05, 3.63) is 156 Å². The molecule has 0 saturated carbocycles. The first-order chi connectivity index (χ1) is 21.9. The molecule has 4 heterocycles. The summed E-state index contributed by atoms with van der Waals surface area (Å²) in [5, 5.41) is 4.41. The summed E-state index contributed by atoms with van der Waals surface area (Å²) in [5.74, 6) is 0. The number of hydrogen-bond donors (Lipinski definition) is 0. The fourth-order valence-corrected chi connectivity index (χ4v) is 8.88. The second-order valence-electron chi connectivity index (χ2n) is 11.3. The summed E-state index contributed by atoms with van der Waals surface area (Å²) in [6.45, 7) is 0.280. The predicted octanol–water partition coefficient (Wildman–Crippen LogP) is 6.41. The zero-order valence-corrected chi connectivity index (χ0v) is 25.5. The van der Waals surface area contributed by atoms with E-state index in [-0.39, 0.29) is 13.4 Å². The molecule has 7 aromatic rings. The third-order valence-electron chi connectivity index (χ3n) is 8.94. The van der Waals surface area contributed by atoms with Crippen LogP contribution in [0.15, 0.2) is 156 Å². The van der Waals surface area contributed by atoms with Crippen molar-refractivity contribution in [1.82, 2.24) is 0 Å². The van der Waals surface area contributed by atoms with Crippen molar-refractivity contribution in [3.63, 3.8) is 0 Å². The van der Waals surface area contributed by atoms with E-state index >= 15 is 0 Å². The molecule has 0 N–H and O–H groups in total. The molecule has 0 bridgehead atoms. The highest BCUT2D eigenvalue weighted by atomic mass is 32.1. The summed E-state index contributed by atoms with van der Waals surface area (Å²) in [5.41, 5.74) is 12.7. The van der Waals surface area contributed by atoms with Gasteiger partial charge in [0.25, 0.3) is 13.4 Å². The van der Waals surface area contributed by atoms with Crippen LogP contribution in [0.1, 0.15) is 0 Å². The maximum absolute atomic E-state index is 2.50. The molecule has 9 rings (SSSR count). The van der Waals surface area contributed by atoms with Gasteiger partial charge in [-0.2, -0.15) is 22.7 Å². The summed E-state index contributed by atoms with van der Waals surface area (Å²) in [6.07, 6.45) is 0. The van der Waals surface area contributed by atoms with Crippen molar-refractivity contribution < 1.29 is 0 Å². The summed E-state index contributed by atoms with van der Waals surface area (Å²) in [7, 11) is 0.